The Kier molecular flexibility index (Phi) is 4.88. The second-order valence-electron chi connectivity index (χ2n) is 5.22. The summed E-state index contributed by atoms with van der Waals surface area (Å²) in [5.41, 5.74) is 3.34. The van der Waals surface area contributed by atoms with E-state index in [1.165, 1.54) is 0 Å². The third-order valence-electron chi connectivity index (χ3n) is 3.69. The Balaban J connectivity index is 1.98. The zero-order valence-electron chi connectivity index (χ0n) is 12.2. The van der Waals surface area contributed by atoms with Crippen LogP contribution in [0.1, 0.15) is 5.56 Å². The Labute approximate surface area is 134 Å². The molecule has 3 heteroatoms. The van der Waals surface area contributed by atoms with Crippen LogP contribution >= 0.6 is 17.0 Å². The molecule has 3 aromatic rings. The van der Waals surface area contributed by atoms with E-state index in [1.54, 1.807) is 0 Å². The summed E-state index contributed by atoms with van der Waals surface area (Å²) >= 11 is 0. The molecule has 0 aliphatic heterocycles. The van der Waals surface area contributed by atoms with Crippen molar-refractivity contribution in [3.05, 3.63) is 84.4 Å². The van der Waals surface area contributed by atoms with E-state index < -0.39 is 7.80 Å². The molecule has 0 amide bonds. The Morgan fingerprint density at radius 3 is 2.05 bits per heavy atom. The molecule has 3 aromatic carbocycles. The molecular weight excluding hydrogens is 306 g/mol. The van der Waals surface area contributed by atoms with Gasteiger partial charge < -0.3 is 4.57 Å². The van der Waals surface area contributed by atoms with E-state index >= 15 is 0 Å². The van der Waals surface area contributed by atoms with Gasteiger partial charge in [0, 0.05) is 11.5 Å². The predicted molar refractivity (Wildman–Crippen MR) is 100 cm³/mol. The first kappa shape index (κ1) is 15.2. The fourth-order valence-electron chi connectivity index (χ4n) is 2.58. The van der Waals surface area contributed by atoms with Crippen LogP contribution in [0.25, 0.3) is 11.1 Å². The first-order valence-corrected chi connectivity index (χ1v) is 9.46. The lowest BCUT2D eigenvalue weighted by atomic mass is 10.1. The second-order valence-corrected chi connectivity index (χ2v) is 7.58. The summed E-state index contributed by atoms with van der Waals surface area (Å²) in [6, 6.07) is 26.3. The van der Waals surface area contributed by atoms with Crippen LogP contribution in [0.3, 0.4) is 0 Å². The first-order chi connectivity index (χ1) is 10.8. The number of benzene rings is 3. The van der Waals surface area contributed by atoms with E-state index in [9.17, 15) is 4.57 Å². The minimum atomic E-state index is -1.87. The van der Waals surface area contributed by atoms with Gasteiger partial charge in [0.25, 0.3) is 0 Å². The molecule has 0 heterocycles. The van der Waals surface area contributed by atoms with Crippen molar-refractivity contribution in [2.24, 2.45) is 0 Å². The number of hydrogen-bond acceptors (Lipinski definition) is 1. The molecule has 0 radical (unpaired) electrons. The van der Waals surface area contributed by atoms with Crippen LogP contribution in [0, 0.1) is 0 Å². The Bertz CT molecular complexity index is 797. The molecule has 0 saturated heterocycles. The fourth-order valence-corrected chi connectivity index (χ4v) is 4.54. The molecule has 0 bridgehead atoms. The van der Waals surface area contributed by atoms with Crippen LogP contribution in [0.5, 0.6) is 0 Å². The highest BCUT2D eigenvalue weighted by molar-refractivity contribution is 7.53. The Morgan fingerprint density at radius 1 is 0.727 bits per heavy atom. The molecule has 0 aliphatic rings. The minimum absolute atomic E-state index is 0.613. The van der Waals surface area contributed by atoms with Crippen molar-refractivity contribution in [1.29, 1.82) is 0 Å². The molecule has 22 heavy (non-hydrogen) atoms. The van der Waals surface area contributed by atoms with Crippen LogP contribution in [-0.4, -0.2) is 0 Å². The van der Waals surface area contributed by atoms with E-state index in [1.807, 2.05) is 60.7 Å². The van der Waals surface area contributed by atoms with Crippen LogP contribution < -0.4 is 10.6 Å². The van der Waals surface area contributed by atoms with Gasteiger partial charge in [-0.15, -0.1) is 9.24 Å². The normalized spacial score (nSPS) is 12.0. The molecule has 110 valence electrons. The molecule has 0 aliphatic carbocycles. The van der Waals surface area contributed by atoms with Crippen molar-refractivity contribution < 1.29 is 4.57 Å². The van der Waals surface area contributed by atoms with Gasteiger partial charge in [-0.25, -0.2) is 0 Å². The molecule has 0 N–H and O–H groups in total. The topological polar surface area (TPSA) is 17.1 Å². The summed E-state index contributed by atoms with van der Waals surface area (Å²) < 4.78 is 12.9. The van der Waals surface area contributed by atoms with Crippen molar-refractivity contribution in [3.8, 4) is 11.1 Å². The first-order valence-electron chi connectivity index (χ1n) is 7.27. The SMILES string of the molecule is O=[PH](Cc1ccccc1)c1ccccc1-c1ccccc1P. The van der Waals surface area contributed by atoms with Gasteiger partial charge in [0.2, 0.25) is 0 Å². The lowest BCUT2D eigenvalue weighted by molar-refractivity contribution is 0.593. The maximum atomic E-state index is 12.9. The standard InChI is InChI=1S/C19H18OP2/c20-22(14-15-8-2-1-3-9-15)19-13-7-5-11-17(19)16-10-4-6-12-18(16)21/h1-13,22H,14,21H2. The van der Waals surface area contributed by atoms with Gasteiger partial charge in [-0.1, -0.05) is 78.9 Å². The fraction of sp³-hybridized carbons (Fsp3) is 0.0526. The molecular formula is C19H18OP2. The van der Waals surface area contributed by atoms with E-state index in [0.717, 1.165) is 27.3 Å². The minimum Gasteiger partial charge on any atom is -0.322 e. The quantitative estimate of drug-likeness (QED) is 0.656. The van der Waals surface area contributed by atoms with Gasteiger partial charge in [0.05, 0.1) is 0 Å². The zero-order valence-corrected chi connectivity index (χ0v) is 14.4. The van der Waals surface area contributed by atoms with Crippen molar-refractivity contribution in [2.45, 2.75) is 6.16 Å². The van der Waals surface area contributed by atoms with Crippen LogP contribution in [0.4, 0.5) is 0 Å². The molecule has 2 atom stereocenters. The molecule has 2 unspecified atom stereocenters. The molecule has 3 rings (SSSR count). The van der Waals surface area contributed by atoms with Crippen molar-refractivity contribution in [3.63, 3.8) is 0 Å². The summed E-state index contributed by atoms with van der Waals surface area (Å²) in [5, 5.41) is 2.09. The third kappa shape index (κ3) is 3.38. The summed E-state index contributed by atoms with van der Waals surface area (Å²) in [4.78, 5) is 0. The summed E-state index contributed by atoms with van der Waals surface area (Å²) in [6.07, 6.45) is 0.613. The van der Waals surface area contributed by atoms with Crippen LogP contribution in [-0.2, 0) is 10.7 Å². The average molecular weight is 324 g/mol. The van der Waals surface area contributed by atoms with Gasteiger partial charge >= 0.3 is 0 Å². The maximum Gasteiger partial charge on any atom is 0.108 e. The Morgan fingerprint density at radius 2 is 1.32 bits per heavy atom. The monoisotopic (exact) mass is 324 g/mol. The summed E-state index contributed by atoms with van der Waals surface area (Å²) in [7, 11) is 0.890. The lowest BCUT2D eigenvalue weighted by Crippen LogP contribution is -2.07. The smallest absolute Gasteiger partial charge is 0.108 e. The number of rotatable bonds is 4. The largest absolute Gasteiger partial charge is 0.322 e. The second kappa shape index (κ2) is 7.05. The maximum absolute atomic E-state index is 12.9. The molecule has 0 saturated carbocycles. The Hall–Kier alpha value is -1.68. The van der Waals surface area contributed by atoms with Gasteiger partial charge in [-0.3, -0.25) is 0 Å². The number of hydrogen-bond donors (Lipinski definition) is 0. The van der Waals surface area contributed by atoms with E-state index in [2.05, 4.69) is 27.4 Å². The van der Waals surface area contributed by atoms with Crippen molar-refractivity contribution >= 4 is 27.6 Å². The molecule has 1 nitrogen and oxygen atoms in total. The lowest BCUT2D eigenvalue weighted by Gasteiger charge is -2.12. The third-order valence-corrected chi connectivity index (χ3v) is 5.96. The van der Waals surface area contributed by atoms with E-state index in [4.69, 9.17) is 0 Å². The van der Waals surface area contributed by atoms with Crippen LogP contribution in [0.2, 0.25) is 0 Å². The van der Waals surface area contributed by atoms with Gasteiger partial charge in [-0.05, 0) is 22.0 Å². The van der Waals surface area contributed by atoms with Gasteiger partial charge in [0.15, 0.2) is 0 Å². The van der Waals surface area contributed by atoms with E-state index in [0.29, 0.717) is 6.16 Å². The summed E-state index contributed by atoms with van der Waals surface area (Å²) in [6.45, 7) is 0. The summed E-state index contributed by atoms with van der Waals surface area (Å²) in [5.74, 6) is 0. The highest BCUT2D eigenvalue weighted by Crippen LogP contribution is 2.31. The van der Waals surface area contributed by atoms with Crippen molar-refractivity contribution in [2.75, 3.05) is 0 Å². The highest BCUT2D eigenvalue weighted by atomic mass is 31.1. The molecule has 0 aromatic heterocycles. The molecule has 0 fully saturated rings. The molecule has 0 spiro atoms. The van der Waals surface area contributed by atoms with Crippen LogP contribution in [0.15, 0.2) is 78.9 Å². The van der Waals surface area contributed by atoms with Crippen molar-refractivity contribution in [1.82, 2.24) is 0 Å². The van der Waals surface area contributed by atoms with Gasteiger partial charge in [-0.2, -0.15) is 0 Å². The van der Waals surface area contributed by atoms with E-state index in [-0.39, 0.29) is 0 Å². The highest BCUT2D eigenvalue weighted by Gasteiger charge is 2.12. The van der Waals surface area contributed by atoms with Gasteiger partial charge in [0.1, 0.15) is 7.80 Å². The predicted octanol–water partition coefficient (Wildman–Crippen LogP) is 4.24. The average Bonchev–Trinajstić information content (AvgIpc) is 2.56. The zero-order chi connectivity index (χ0) is 15.4.